The largest absolute Gasteiger partial charge is 0.381 e. The Morgan fingerprint density at radius 1 is 1.45 bits per heavy atom. The van der Waals surface area contributed by atoms with E-state index in [2.05, 4.69) is 19.0 Å². The summed E-state index contributed by atoms with van der Waals surface area (Å²) in [5.41, 5.74) is 8.31. The van der Waals surface area contributed by atoms with E-state index in [1.54, 1.807) is 13.0 Å². The molecule has 0 aliphatic rings. The first-order valence-electron chi connectivity index (χ1n) is 6.39. The maximum Gasteiger partial charge on any atom is 0.269 e. The zero-order valence-corrected chi connectivity index (χ0v) is 11.7. The molecule has 0 bridgehead atoms. The van der Waals surface area contributed by atoms with Crippen molar-refractivity contribution in [1.82, 2.24) is 5.16 Å². The van der Waals surface area contributed by atoms with Gasteiger partial charge in [0.05, 0.1) is 4.92 Å². The number of aromatic nitrogens is 1. The topological polar surface area (TPSA) is 95.2 Å². The molecule has 6 heteroatoms. The molecular weight excluding hydrogens is 258 g/mol. The molecule has 0 spiro atoms. The van der Waals surface area contributed by atoms with E-state index in [4.69, 9.17) is 10.3 Å². The molecule has 0 amide bonds. The van der Waals surface area contributed by atoms with E-state index in [1.807, 2.05) is 0 Å². The lowest BCUT2D eigenvalue weighted by atomic mass is 9.97. The molecule has 1 heterocycles. The molecule has 1 aromatic heterocycles. The zero-order valence-electron chi connectivity index (χ0n) is 11.7. The molecule has 20 heavy (non-hydrogen) atoms. The predicted molar refractivity (Wildman–Crippen MR) is 76.3 cm³/mol. The number of hydrogen-bond donors (Lipinski definition) is 1. The first-order valence-corrected chi connectivity index (χ1v) is 6.39. The molecule has 2 N–H and O–H groups in total. The van der Waals surface area contributed by atoms with Gasteiger partial charge in [0.25, 0.3) is 5.69 Å². The van der Waals surface area contributed by atoms with Crippen LogP contribution in [0, 0.1) is 23.0 Å². The van der Waals surface area contributed by atoms with Gasteiger partial charge in [-0.05, 0) is 30.9 Å². The van der Waals surface area contributed by atoms with Gasteiger partial charge in [-0.15, -0.1) is 0 Å². The number of rotatable bonds is 4. The van der Waals surface area contributed by atoms with Crippen molar-refractivity contribution in [2.75, 3.05) is 5.73 Å². The summed E-state index contributed by atoms with van der Waals surface area (Å²) < 4.78 is 5.32. The molecule has 1 aromatic carbocycles. The molecule has 106 valence electrons. The van der Waals surface area contributed by atoms with Crippen LogP contribution in [0.15, 0.2) is 22.7 Å². The number of nitrogens with two attached hydrogens (primary N) is 1. The van der Waals surface area contributed by atoms with Gasteiger partial charge in [0, 0.05) is 23.3 Å². The SMILES string of the molecule is Cc1cc([N+](=O)[O-])ccc1-c1onc(N)c1CC(C)C. The summed E-state index contributed by atoms with van der Waals surface area (Å²) in [6.45, 7) is 5.97. The minimum Gasteiger partial charge on any atom is -0.381 e. The third-order valence-corrected chi connectivity index (χ3v) is 3.10. The van der Waals surface area contributed by atoms with E-state index in [-0.39, 0.29) is 5.69 Å². The number of nitro benzene ring substituents is 1. The molecule has 0 atom stereocenters. The van der Waals surface area contributed by atoms with E-state index in [0.717, 1.165) is 23.1 Å². The summed E-state index contributed by atoms with van der Waals surface area (Å²) in [6.07, 6.45) is 0.751. The Morgan fingerprint density at radius 3 is 2.70 bits per heavy atom. The van der Waals surface area contributed by atoms with Crippen LogP contribution in [-0.2, 0) is 6.42 Å². The zero-order chi connectivity index (χ0) is 14.9. The minimum atomic E-state index is -0.416. The van der Waals surface area contributed by atoms with Crippen LogP contribution in [0.1, 0.15) is 25.0 Å². The van der Waals surface area contributed by atoms with Gasteiger partial charge in [-0.3, -0.25) is 10.1 Å². The van der Waals surface area contributed by atoms with Crippen LogP contribution in [-0.4, -0.2) is 10.1 Å². The summed E-state index contributed by atoms with van der Waals surface area (Å²) >= 11 is 0. The fourth-order valence-corrected chi connectivity index (χ4v) is 2.15. The average Bonchev–Trinajstić information content (AvgIpc) is 2.70. The van der Waals surface area contributed by atoms with Gasteiger partial charge in [0.15, 0.2) is 11.6 Å². The van der Waals surface area contributed by atoms with Gasteiger partial charge >= 0.3 is 0 Å². The number of nitrogen functional groups attached to an aromatic ring is 1. The molecule has 0 aliphatic carbocycles. The molecule has 0 aliphatic heterocycles. The van der Waals surface area contributed by atoms with E-state index in [1.165, 1.54) is 12.1 Å². The van der Waals surface area contributed by atoms with Crippen LogP contribution in [0.4, 0.5) is 11.5 Å². The molecule has 0 saturated carbocycles. The lowest BCUT2D eigenvalue weighted by Gasteiger charge is -2.07. The Bertz CT molecular complexity index is 647. The smallest absolute Gasteiger partial charge is 0.269 e. The molecule has 6 nitrogen and oxygen atoms in total. The molecular formula is C14H17N3O3. The summed E-state index contributed by atoms with van der Waals surface area (Å²) in [5.74, 6) is 1.39. The Balaban J connectivity index is 2.49. The van der Waals surface area contributed by atoms with Gasteiger partial charge in [-0.1, -0.05) is 19.0 Å². The molecule has 0 radical (unpaired) electrons. The summed E-state index contributed by atoms with van der Waals surface area (Å²) in [6, 6.07) is 4.66. The van der Waals surface area contributed by atoms with Crippen LogP contribution in [0.2, 0.25) is 0 Å². The number of benzene rings is 1. The first kappa shape index (κ1) is 14.0. The number of aryl methyl sites for hydroxylation is 1. The highest BCUT2D eigenvalue weighted by molar-refractivity contribution is 5.70. The highest BCUT2D eigenvalue weighted by Crippen LogP contribution is 2.33. The average molecular weight is 275 g/mol. The predicted octanol–water partition coefficient (Wildman–Crippen LogP) is 3.34. The summed E-state index contributed by atoms with van der Waals surface area (Å²) in [5, 5.41) is 14.6. The summed E-state index contributed by atoms with van der Waals surface area (Å²) in [7, 11) is 0. The van der Waals surface area contributed by atoms with Crippen LogP contribution in [0.3, 0.4) is 0 Å². The fourth-order valence-electron chi connectivity index (χ4n) is 2.15. The normalized spacial score (nSPS) is 11.0. The number of nitro groups is 1. The van der Waals surface area contributed by atoms with Gasteiger partial charge in [0.2, 0.25) is 0 Å². The molecule has 0 saturated heterocycles. The van der Waals surface area contributed by atoms with Crippen molar-refractivity contribution >= 4 is 11.5 Å². The Kier molecular flexibility index (Phi) is 3.74. The second kappa shape index (κ2) is 5.32. The van der Waals surface area contributed by atoms with E-state index in [9.17, 15) is 10.1 Å². The maximum absolute atomic E-state index is 10.8. The number of non-ortho nitro benzene ring substituents is 1. The highest BCUT2D eigenvalue weighted by Gasteiger charge is 2.19. The Hall–Kier alpha value is -2.37. The maximum atomic E-state index is 10.8. The third kappa shape index (κ3) is 2.64. The van der Waals surface area contributed by atoms with E-state index >= 15 is 0 Å². The highest BCUT2D eigenvalue weighted by atomic mass is 16.6. The number of anilines is 1. The van der Waals surface area contributed by atoms with Crippen molar-refractivity contribution < 1.29 is 9.45 Å². The van der Waals surface area contributed by atoms with Crippen molar-refractivity contribution in [1.29, 1.82) is 0 Å². The second-order valence-electron chi connectivity index (χ2n) is 5.23. The second-order valence-corrected chi connectivity index (χ2v) is 5.23. The number of hydrogen-bond acceptors (Lipinski definition) is 5. The summed E-state index contributed by atoms with van der Waals surface area (Å²) in [4.78, 5) is 10.4. The van der Waals surface area contributed by atoms with Crippen molar-refractivity contribution in [3.05, 3.63) is 39.4 Å². The van der Waals surface area contributed by atoms with E-state index < -0.39 is 4.92 Å². The Morgan fingerprint density at radius 2 is 2.15 bits per heavy atom. The van der Waals surface area contributed by atoms with Gasteiger partial charge in [0.1, 0.15) is 0 Å². The first-order chi connectivity index (χ1) is 9.40. The van der Waals surface area contributed by atoms with Crippen molar-refractivity contribution in [3.63, 3.8) is 0 Å². The van der Waals surface area contributed by atoms with Gasteiger partial charge in [-0.25, -0.2) is 0 Å². The quantitative estimate of drug-likeness (QED) is 0.682. The number of nitrogens with zero attached hydrogens (tertiary/aromatic N) is 2. The van der Waals surface area contributed by atoms with Gasteiger partial charge in [-0.2, -0.15) is 0 Å². The fraction of sp³-hybridized carbons (Fsp3) is 0.357. The standard InChI is InChI=1S/C14H17N3O3/c1-8(2)6-12-13(20-16-14(12)15)11-5-4-10(17(18)19)7-9(11)3/h4-5,7-8H,6H2,1-3H3,(H2,15,16). The van der Waals surface area contributed by atoms with Crippen LogP contribution >= 0.6 is 0 Å². The van der Waals surface area contributed by atoms with Crippen LogP contribution in [0.25, 0.3) is 11.3 Å². The third-order valence-electron chi connectivity index (χ3n) is 3.10. The van der Waals surface area contributed by atoms with Crippen molar-refractivity contribution in [2.24, 2.45) is 5.92 Å². The van der Waals surface area contributed by atoms with Crippen molar-refractivity contribution in [2.45, 2.75) is 27.2 Å². The lowest BCUT2D eigenvalue weighted by Crippen LogP contribution is -1.99. The molecule has 2 rings (SSSR count). The molecule has 2 aromatic rings. The Labute approximate surface area is 116 Å². The molecule has 0 unspecified atom stereocenters. The van der Waals surface area contributed by atoms with Crippen LogP contribution < -0.4 is 5.73 Å². The monoisotopic (exact) mass is 275 g/mol. The van der Waals surface area contributed by atoms with Crippen LogP contribution in [0.5, 0.6) is 0 Å². The van der Waals surface area contributed by atoms with Crippen molar-refractivity contribution in [3.8, 4) is 11.3 Å². The molecule has 0 fully saturated rings. The lowest BCUT2D eigenvalue weighted by molar-refractivity contribution is -0.384. The van der Waals surface area contributed by atoms with Gasteiger partial charge < -0.3 is 10.3 Å². The van der Waals surface area contributed by atoms with E-state index in [0.29, 0.717) is 17.5 Å². The minimum absolute atomic E-state index is 0.0594.